The molecule has 3 N–H and O–H groups in total. The minimum Gasteiger partial charge on any atom is -0.371 e. The highest BCUT2D eigenvalue weighted by atomic mass is 16.1. The number of hydrogen-bond acceptors (Lipinski definition) is 3. The zero-order chi connectivity index (χ0) is 14.0. The first-order valence-electron chi connectivity index (χ1n) is 6.79. The van der Waals surface area contributed by atoms with Gasteiger partial charge in [0.1, 0.15) is 0 Å². The molecule has 1 saturated heterocycles. The summed E-state index contributed by atoms with van der Waals surface area (Å²) in [4.78, 5) is 13.8. The van der Waals surface area contributed by atoms with Crippen molar-refractivity contribution in [3.05, 3.63) is 29.3 Å². The summed E-state index contributed by atoms with van der Waals surface area (Å²) in [7, 11) is 2.01. The van der Waals surface area contributed by atoms with Gasteiger partial charge in [0.15, 0.2) is 0 Å². The van der Waals surface area contributed by atoms with Crippen LogP contribution in [0.1, 0.15) is 35.7 Å². The Morgan fingerprint density at radius 1 is 1.37 bits per heavy atom. The number of nitrogens with one attached hydrogen (secondary N) is 1. The predicted octanol–water partition coefficient (Wildman–Crippen LogP) is 1.67. The Morgan fingerprint density at radius 2 is 2.00 bits per heavy atom. The van der Waals surface area contributed by atoms with Gasteiger partial charge in [-0.2, -0.15) is 0 Å². The van der Waals surface area contributed by atoms with Crippen LogP contribution in [0.15, 0.2) is 18.2 Å². The second-order valence-corrected chi connectivity index (χ2v) is 5.68. The first kappa shape index (κ1) is 13.9. The monoisotopic (exact) mass is 261 g/mol. The molecule has 0 bridgehead atoms. The molecule has 1 fully saturated rings. The van der Waals surface area contributed by atoms with Crippen molar-refractivity contribution >= 4 is 11.6 Å². The maximum absolute atomic E-state index is 11.5. The number of aryl methyl sites for hydroxylation is 1. The van der Waals surface area contributed by atoms with Gasteiger partial charge in [-0.15, -0.1) is 0 Å². The number of amides is 1. The van der Waals surface area contributed by atoms with Gasteiger partial charge < -0.3 is 16.0 Å². The van der Waals surface area contributed by atoms with Crippen LogP contribution in [0.2, 0.25) is 0 Å². The lowest BCUT2D eigenvalue weighted by molar-refractivity contribution is 0.100. The quantitative estimate of drug-likeness (QED) is 0.870. The van der Waals surface area contributed by atoms with Crippen molar-refractivity contribution in [3.8, 4) is 0 Å². The van der Waals surface area contributed by atoms with Crippen molar-refractivity contribution < 1.29 is 4.79 Å². The van der Waals surface area contributed by atoms with Crippen molar-refractivity contribution in [1.29, 1.82) is 0 Å². The minimum atomic E-state index is -0.350. The molecule has 4 heteroatoms. The number of nitrogens with two attached hydrogens (primary N) is 1. The topological polar surface area (TPSA) is 58.4 Å². The summed E-state index contributed by atoms with van der Waals surface area (Å²) in [5.41, 5.74) is 8.43. The maximum atomic E-state index is 11.5. The van der Waals surface area contributed by atoms with E-state index >= 15 is 0 Å². The van der Waals surface area contributed by atoms with E-state index in [1.165, 1.54) is 0 Å². The van der Waals surface area contributed by atoms with Crippen LogP contribution in [0.5, 0.6) is 0 Å². The summed E-state index contributed by atoms with van der Waals surface area (Å²) in [5.74, 6) is -0.350. The van der Waals surface area contributed by atoms with Crippen LogP contribution in [-0.2, 0) is 0 Å². The van der Waals surface area contributed by atoms with Crippen LogP contribution in [-0.4, -0.2) is 31.6 Å². The molecular formula is C15H23N3O. The number of primary amides is 1. The summed E-state index contributed by atoms with van der Waals surface area (Å²) in [5, 5.41) is 3.38. The number of nitrogens with zero attached hydrogens (tertiary/aromatic N) is 1. The van der Waals surface area contributed by atoms with Crippen LogP contribution in [0.3, 0.4) is 0 Å². The lowest BCUT2D eigenvalue weighted by atomic mass is 9.89. The Hall–Kier alpha value is -1.55. The average Bonchev–Trinajstić information content (AvgIpc) is 2.39. The van der Waals surface area contributed by atoms with Gasteiger partial charge in [0, 0.05) is 24.3 Å². The molecule has 104 valence electrons. The van der Waals surface area contributed by atoms with E-state index in [0.717, 1.165) is 37.2 Å². The Balaban J connectivity index is 2.24. The van der Waals surface area contributed by atoms with Crippen molar-refractivity contribution in [1.82, 2.24) is 5.32 Å². The summed E-state index contributed by atoms with van der Waals surface area (Å²) >= 11 is 0. The zero-order valence-corrected chi connectivity index (χ0v) is 12.0. The smallest absolute Gasteiger partial charge is 0.250 e. The fourth-order valence-corrected chi connectivity index (χ4v) is 2.60. The van der Waals surface area contributed by atoms with E-state index < -0.39 is 0 Å². The van der Waals surface area contributed by atoms with Gasteiger partial charge in [-0.3, -0.25) is 4.79 Å². The second-order valence-electron chi connectivity index (χ2n) is 5.68. The lowest BCUT2D eigenvalue weighted by Crippen LogP contribution is -2.50. The van der Waals surface area contributed by atoms with Crippen LogP contribution in [0, 0.1) is 6.92 Å². The molecular weight excluding hydrogens is 238 g/mol. The normalized spacial score (nSPS) is 18.4. The summed E-state index contributed by atoms with van der Waals surface area (Å²) in [6.07, 6.45) is 2.13. The predicted molar refractivity (Wildman–Crippen MR) is 78.6 cm³/mol. The Kier molecular flexibility index (Phi) is 3.80. The van der Waals surface area contributed by atoms with E-state index in [4.69, 9.17) is 5.73 Å². The molecule has 1 amide bonds. The van der Waals surface area contributed by atoms with E-state index in [2.05, 4.69) is 23.2 Å². The van der Waals surface area contributed by atoms with Crippen molar-refractivity contribution in [2.75, 3.05) is 25.0 Å². The maximum Gasteiger partial charge on any atom is 0.250 e. The Morgan fingerprint density at radius 3 is 2.53 bits per heavy atom. The number of hydrogen-bond donors (Lipinski definition) is 2. The van der Waals surface area contributed by atoms with Gasteiger partial charge in [-0.05, 0) is 51.4 Å². The highest BCUT2D eigenvalue weighted by Gasteiger charge is 2.29. The molecule has 0 saturated carbocycles. The van der Waals surface area contributed by atoms with Crippen molar-refractivity contribution in [2.24, 2.45) is 5.73 Å². The van der Waals surface area contributed by atoms with E-state index in [0.29, 0.717) is 5.56 Å². The SMILES string of the molecule is CNC1(C)CCN(c2cc(C)ccc2C(N)=O)CC1. The summed E-state index contributed by atoms with van der Waals surface area (Å²) < 4.78 is 0. The molecule has 1 aliphatic rings. The molecule has 1 aromatic rings. The zero-order valence-electron chi connectivity index (χ0n) is 12.0. The number of benzene rings is 1. The highest BCUT2D eigenvalue weighted by molar-refractivity contribution is 5.98. The third-order valence-corrected chi connectivity index (χ3v) is 4.23. The molecule has 1 heterocycles. The Labute approximate surface area is 115 Å². The van der Waals surface area contributed by atoms with Crippen LogP contribution < -0.4 is 16.0 Å². The number of carbonyl (C=O) groups is 1. The second kappa shape index (κ2) is 5.21. The van der Waals surface area contributed by atoms with Crippen LogP contribution in [0.4, 0.5) is 5.69 Å². The fraction of sp³-hybridized carbons (Fsp3) is 0.533. The van der Waals surface area contributed by atoms with Gasteiger partial charge in [0.25, 0.3) is 5.91 Å². The molecule has 1 aromatic carbocycles. The number of anilines is 1. The number of rotatable bonds is 3. The van der Waals surface area contributed by atoms with Gasteiger partial charge in [-0.1, -0.05) is 6.07 Å². The van der Waals surface area contributed by atoms with E-state index in [1.54, 1.807) is 0 Å². The summed E-state index contributed by atoms with van der Waals surface area (Å²) in [6.45, 7) is 6.17. The van der Waals surface area contributed by atoms with E-state index in [-0.39, 0.29) is 11.4 Å². The molecule has 4 nitrogen and oxygen atoms in total. The standard InChI is InChI=1S/C15H23N3O/c1-11-4-5-12(14(16)19)13(10-11)18-8-6-15(2,17-3)7-9-18/h4-5,10,17H,6-9H2,1-3H3,(H2,16,19). The third-order valence-electron chi connectivity index (χ3n) is 4.23. The number of piperidine rings is 1. The molecule has 0 aromatic heterocycles. The van der Waals surface area contributed by atoms with Crippen molar-refractivity contribution in [3.63, 3.8) is 0 Å². The molecule has 2 rings (SSSR count). The highest BCUT2D eigenvalue weighted by Crippen LogP contribution is 2.28. The molecule has 19 heavy (non-hydrogen) atoms. The fourth-order valence-electron chi connectivity index (χ4n) is 2.60. The molecule has 0 spiro atoms. The molecule has 0 unspecified atom stereocenters. The van der Waals surface area contributed by atoms with Crippen molar-refractivity contribution in [2.45, 2.75) is 32.2 Å². The summed E-state index contributed by atoms with van der Waals surface area (Å²) in [6, 6.07) is 5.83. The molecule has 1 aliphatic heterocycles. The van der Waals surface area contributed by atoms with Gasteiger partial charge in [0.05, 0.1) is 5.56 Å². The van der Waals surface area contributed by atoms with Gasteiger partial charge >= 0.3 is 0 Å². The van der Waals surface area contributed by atoms with Gasteiger partial charge in [-0.25, -0.2) is 0 Å². The average molecular weight is 261 g/mol. The largest absolute Gasteiger partial charge is 0.371 e. The number of carbonyl (C=O) groups excluding carboxylic acids is 1. The first-order chi connectivity index (χ1) is 8.95. The van der Waals surface area contributed by atoms with Crippen LogP contribution >= 0.6 is 0 Å². The van der Waals surface area contributed by atoms with E-state index in [1.807, 2.05) is 26.1 Å². The van der Waals surface area contributed by atoms with E-state index in [9.17, 15) is 4.79 Å². The minimum absolute atomic E-state index is 0.202. The van der Waals surface area contributed by atoms with Crippen LogP contribution in [0.25, 0.3) is 0 Å². The van der Waals surface area contributed by atoms with Gasteiger partial charge in [0.2, 0.25) is 0 Å². The molecule has 0 atom stereocenters. The first-order valence-corrected chi connectivity index (χ1v) is 6.79. The third kappa shape index (κ3) is 2.89. The Bertz CT molecular complexity index is 476. The lowest BCUT2D eigenvalue weighted by Gasteiger charge is -2.40. The molecule has 0 radical (unpaired) electrons. The molecule has 0 aliphatic carbocycles.